The number of hydrogen-bond acceptors (Lipinski definition) is 4. The van der Waals surface area contributed by atoms with Gasteiger partial charge in [-0.3, -0.25) is 0 Å². The molecule has 0 saturated heterocycles. The maximum atomic E-state index is 11.2. The van der Waals surface area contributed by atoms with Crippen molar-refractivity contribution in [2.24, 2.45) is 0 Å². The average Bonchev–Trinajstić information content (AvgIpc) is 2.41. The lowest BCUT2D eigenvalue weighted by atomic mass is 10.1. The second-order valence-electron chi connectivity index (χ2n) is 3.90. The van der Waals surface area contributed by atoms with Crippen molar-refractivity contribution < 1.29 is 14.6 Å². The summed E-state index contributed by atoms with van der Waals surface area (Å²) >= 11 is 0. The fourth-order valence-corrected chi connectivity index (χ4v) is 1.75. The fourth-order valence-electron chi connectivity index (χ4n) is 1.75. The van der Waals surface area contributed by atoms with Gasteiger partial charge in [0.25, 0.3) is 0 Å². The molecule has 2 aromatic rings. The Balaban J connectivity index is 2.49. The number of ether oxygens (including phenoxy) is 1. The van der Waals surface area contributed by atoms with Gasteiger partial charge in [0.1, 0.15) is 5.75 Å². The molecule has 0 saturated carbocycles. The van der Waals surface area contributed by atoms with Crippen LogP contribution in [0.5, 0.6) is 5.75 Å². The summed E-state index contributed by atoms with van der Waals surface area (Å²) in [6.07, 6.45) is 0. The van der Waals surface area contributed by atoms with Crippen molar-refractivity contribution in [3.8, 4) is 5.75 Å². The number of carboxylic acid groups (broad SMARTS) is 1. The highest BCUT2D eigenvalue weighted by Crippen LogP contribution is 2.33. The predicted molar refractivity (Wildman–Crippen MR) is 74.1 cm³/mol. The number of aromatic carboxylic acids is 1. The zero-order valence-corrected chi connectivity index (χ0v) is 10.4. The highest BCUT2D eigenvalue weighted by molar-refractivity contribution is 5.97. The Morgan fingerprint density at radius 2 is 1.95 bits per heavy atom. The number of hydrogen-bond donors (Lipinski definition) is 3. The van der Waals surface area contributed by atoms with E-state index in [0.717, 1.165) is 0 Å². The molecule has 0 unspecified atom stereocenters. The standard InChI is InChI=1S/C14H14N2O3/c1-19-12-8-4-5-9(14(17)18)13(12)16-11-7-3-2-6-10(11)15/h2-8,16H,15H2,1H3,(H,17,18). The lowest BCUT2D eigenvalue weighted by Crippen LogP contribution is -2.05. The number of methoxy groups -OCH3 is 1. The molecule has 0 aromatic heterocycles. The molecule has 2 rings (SSSR count). The third-order valence-corrected chi connectivity index (χ3v) is 2.70. The largest absolute Gasteiger partial charge is 0.495 e. The van der Waals surface area contributed by atoms with Crippen LogP contribution in [0.4, 0.5) is 17.1 Å². The quantitative estimate of drug-likeness (QED) is 0.734. The van der Waals surface area contributed by atoms with Crippen LogP contribution in [0, 0.1) is 0 Å². The second kappa shape index (κ2) is 5.30. The van der Waals surface area contributed by atoms with E-state index in [1.165, 1.54) is 13.2 Å². The van der Waals surface area contributed by atoms with E-state index >= 15 is 0 Å². The molecule has 0 aliphatic carbocycles. The Bertz CT molecular complexity index is 611. The zero-order chi connectivity index (χ0) is 13.8. The van der Waals surface area contributed by atoms with E-state index in [2.05, 4.69) is 5.32 Å². The van der Waals surface area contributed by atoms with Crippen LogP contribution in [0.2, 0.25) is 0 Å². The highest BCUT2D eigenvalue weighted by Gasteiger charge is 2.15. The first kappa shape index (κ1) is 12.8. The molecular weight excluding hydrogens is 244 g/mol. The molecule has 0 bridgehead atoms. The SMILES string of the molecule is COc1cccc(C(=O)O)c1Nc1ccccc1N. The minimum absolute atomic E-state index is 0.127. The Morgan fingerprint density at radius 3 is 2.58 bits per heavy atom. The van der Waals surface area contributed by atoms with Gasteiger partial charge in [0, 0.05) is 0 Å². The third kappa shape index (κ3) is 2.60. The van der Waals surface area contributed by atoms with E-state index in [9.17, 15) is 9.90 Å². The first-order valence-electron chi connectivity index (χ1n) is 5.65. The Morgan fingerprint density at radius 1 is 1.21 bits per heavy atom. The van der Waals surface area contributed by atoms with Gasteiger partial charge in [0.15, 0.2) is 0 Å². The van der Waals surface area contributed by atoms with E-state index in [0.29, 0.717) is 22.8 Å². The van der Waals surface area contributed by atoms with Crippen molar-refractivity contribution in [3.05, 3.63) is 48.0 Å². The molecule has 5 heteroatoms. The monoisotopic (exact) mass is 258 g/mol. The molecule has 0 spiro atoms. The van der Waals surface area contributed by atoms with E-state index in [1.807, 2.05) is 6.07 Å². The molecule has 0 aliphatic heterocycles. The molecule has 0 atom stereocenters. The number of carbonyl (C=O) groups is 1. The van der Waals surface area contributed by atoms with Crippen LogP contribution in [-0.2, 0) is 0 Å². The van der Waals surface area contributed by atoms with Crippen LogP contribution in [0.1, 0.15) is 10.4 Å². The molecule has 2 aromatic carbocycles. The summed E-state index contributed by atoms with van der Waals surface area (Å²) < 4.78 is 5.18. The van der Waals surface area contributed by atoms with Gasteiger partial charge < -0.3 is 20.9 Å². The van der Waals surface area contributed by atoms with E-state index in [-0.39, 0.29) is 5.56 Å². The zero-order valence-electron chi connectivity index (χ0n) is 10.4. The molecule has 0 aliphatic rings. The number of benzene rings is 2. The molecule has 0 radical (unpaired) electrons. The number of nitrogens with two attached hydrogens (primary N) is 1. The molecule has 19 heavy (non-hydrogen) atoms. The molecule has 0 amide bonds. The lowest BCUT2D eigenvalue weighted by Gasteiger charge is -2.15. The molecular formula is C14H14N2O3. The number of anilines is 3. The highest BCUT2D eigenvalue weighted by atomic mass is 16.5. The van der Waals surface area contributed by atoms with Crippen molar-refractivity contribution in [2.45, 2.75) is 0 Å². The van der Waals surface area contributed by atoms with Gasteiger partial charge in [0.05, 0.1) is 29.7 Å². The summed E-state index contributed by atoms with van der Waals surface area (Å²) in [5, 5.41) is 12.2. The molecule has 0 fully saturated rings. The van der Waals surface area contributed by atoms with Crippen LogP contribution in [0.3, 0.4) is 0 Å². The van der Waals surface area contributed by atoms with Gasteiger partial charge in [-0.05, 0) is 24.3 Å². The van der Waals surface area contributed by atoms with Gasteiger partial charge in [-0.25, -0.2) is 4.79 Å². The summed E-state index contributed by atoms with van der Waals surface area (Å²) in [6, 6.07) is 11.9. The van der Waals surface area contributed by atoms with Crippen LogP contribution in [0.25, 0.3) is 0 Å². The number of nitrogen functional groups attached to an aromatic ring is 1. The number of para-hydroxylation sites is 3. The maximum absolute atomic E-state index is 11.2. The van der Waals surface area contributed by atoms with Gasteiger partial charge in [-0.1, -0.05) is 18.2 Å². The Kier molecular flexibility index (Phi) is 3.56. The van der Waals surface area contributed by atoms with Crippen molar-refractivity contribution in [3.63, 3.8) is 0 Å². The Hall–Kier alpha value is -2.69. The van der Waals surface area contributed by atoms with Gasteiger partial charge in [-0.15, -0.1) is 0 Å². The number of nitrogens with one attached hydrogen (secondary N) is 1. The fraction of sp³-hybridized carbons (Fsp3) is 0.0714. The Labute approximate surface area is 110 Å². The van der Waals surface area contributed by atoms with E-state index in [1.54, 1.807) is 30.3 Å². The number of carboxylic acids is 1. The van der Waals surface area contributed by atoms with Crippen molar-refractivity contribution >= 4 is 23.0 Å². The van der Waals surface area contributed by atoms with Gasteiger partial charge >= 0.3 is 5.97 Å². The summed E-state index contributed by atoms with van der Waals surface area (Å²) in [4.78, 5) is 11.2. The lowest BCUT2D eigenvalue weighted by molar-refractivity contribution is 0.0697. The summed E-state index contributed by atoms with van der Waals surface area (Å²) in [6.45, 7) is 0. The second-order valence-corrected chi connectivity index (χ2v) is 3.90. The summed E-state index contributed by atoms with van der Waals surface area (Å²) in [7, 11) is 1.49. The van der Waals surface area contributed by atoms with Crippen molar-refractivity contribution in [1.29, 1.82) is 0 Å². The minimum Gasteiger partial charge on any atom is -0.495 e. The van der Waals surface area contributed by atoms with Gasteiger partial charge in [0.2, 0.25) is 0 Å². The number of rotatable bonds is 4. The van der Waals surface area contributed by atoms with Crippen LogP contribution >= 0.6 is 0 Å². The van der Waals surface area contributed by atoms with Crippen LogP contribution in [0.15, 0.2) is 42.5 Å². The van der Waals surface area contributed by atoms with Crippen molar-refractivity contribution in [2.75, 3.05) is 18.2 Å². The molecule has 4 N–H and O–H groups in total. The molecule has 0 heterocycles. The van der Waals surface area contributed by atoms with Crippen LogP contribution in [-0.4, -0.2) is 18.2 Å². The topological polar surface area (TPSA) is 84.6 Å². The smallest absolute Gasteiger partial charge is 0.337 e. The van der Waals surface area contributed by atoms with E-state index < -0.39 is 5.97 Å². The van der Waals surface area contributed by atoms with Gasteiger partial charge in [-0.2, -0.15) is 0 Å². The van der Waals surface area contributed by atoms with E-state index in [4.69, 9.17) is 10.5 Å². The minimum atomic E-state index is -1.03. The predicted octanol–water partition coefficient (Wildman–Crippen LogP) is 2.72. The molecule has 98 valence electrons. The average molecular weight is 258 g/mol. The third-order valence-electron chi connectivity index (χ3n) is 2.70. The normalized spacial score (nSPS) is 9.95. The summed E-state index contributed by atoms with van der Waals surface area (Å²) in [5.74, 6) is -0.584. The molecule has 5 nitrogen and oxygen atoms in total. The maximum Gasteiger partial charge on any atom is 0.337 e. The van der Waals surface area contributed by atoms with Crippen molar-refractivity contribution in [1.82, 2.24) is 0 Å². The summed E-state index contributed by atoms with van der Waals surface area (Å²) in [5.41, 5.74) is 7.51. The first-order chi connectivity index (χ1) is 9.13. The first-order valence-corrected chi connectivity index (χ1v) is 5.65. The van der Waals surface area contributed by atoms with Crippen LogP contribution < -0.4 is 15.8 Å².